The molecule has 2 bridgehead atoms. The van der Waals surface area contributed by atoms with Crippen LogP contribution in [0.3, 0.4) is 0 Å². The minimum Gasteiger partial charge on any atom is -0.0882 e. The van der Waals surface area contributed by atoms with E-state index in [1.807, 2.05) is 0 Å². The van der Waals surface area contributed by atoms with Crippen LogP contribution < -0.4 is 0 Å². The lowest BCUT2D eigenvalue weighted by molar-refractivity contribution is 0.441. The molecular weight excluding hydrogens is 204 g/mol. The van der Waals surface area contributed by atoms with E-state index in [0.717, 1.165) is 17.8 Å². The van der Waals surface area contributed by atoms with E-state index in [4.69, 9.17) is 0 Å². The van der Waals surface area contributed by atoms with Crippen LogP contribution in [0.15, 0.2) is 36.0 Å². The van der Waals surface area contributed by atoms with E-state index in [0.29, 0.717) is 0 Å². The van der Waals surface area contributed by atoms with Crippen LogP contribution in [0.5, 0.6) is 0 Å². The van der Waals surface area contributed by atoms with E-state index < -0.39 is 0 Å². The van der Waals surface area contributed by atoms with E-state index in [9.17, 15) is 0 Å². The van der Waals surface area contributed by atoms with Gasteiger partial charge in [-0.3, -0.25) is 0 Å². The van der Waals surface area contributed by atoms with Crippen LogP contribution >= 0.6 is 0 Å². The first kappa shape index (κ1) is 12.7. The molecule has 0 radical (unpaired) electrons. The molecule has 94 valence electrons. The monoisotopic (exact) mass is 230 g/mol. The Labute approximate surface area is 106 Å². The zero-order valence-electron chi connectivity index (χ0n) is 11.4. The van der Waals surface area contributed by atoms with Gasteiger partial charge in [-0.15, -0.1) is 0 Å². The Morgan fingerprint density at radius 1 is 1.24 bits per heavy atom. The van der Waals surface area contributed by atoms with E-state index in [-0.39, 0.29) is 0 Å². The Morgan fingerprint density at radius 3 is 2.71 bits per heavy atom. The predicted molar refractivity (Wildman–Crippen MR) is 75.9 cm³/mol. The van der Waals surface area contributed by atoms with Gasteiger partial charge < -0.3 is 0 Å². The Morgan fingerprint density at radius 2 is 2.12 bits per heavy atom. The van der Waals surface area contributed by atoms with E-state index in [2.05, 4.69) is 44.2 Å². The molecule has 1 saturated carbocycles. The lowest BCUT2D eigenvalue weighted by atomic mass is 9.86. The highest BCUT2D eigenvalue weighted by Crippen LogP contribution is 2.46. The number of rotatable bonds is 6. The summed E-state index contributed by atoms with van der Waals surface area (Å²) in [5, 5.41) is 0. The average Bonchev–Trinajstić information content (AvgIpc) is 2.95. The van der Waals surface area contributed by atoms with E-state index in [1.165, 1.54) is 38.5 Å². The van der Waals surface area contributed by atoms with Gasteiger partial charge in [0.05, 0.1) is 0 Å². The highest BCUT2D eigenvalue weighted by molar-refractivity contribution is 5.15. The second kappa shape index (κ2) is 6.23. The average molecular weight is 230 g/mol. The summed E-state index contributed by atoms with van der Waals surface area (Å²) in [7, 11) is 0. The molecule has 0 aromatic carbocycles. The summed E-state index contributed by atoms with van der Waals surface area (Å²) < 4.78 is 0. The van der Waals surface area contributed by atoms with Crippen molar-refractivity contribution in [1.29, 1.82) is 0 Å². The van der Waals surface area contributed by atoms with Gasteiger partial charge in [-0.25, -0.2) is 0 Å². The second-order valence-corrected chi connectivity index (χ2v) is 5.66. The summed E-state index contributed by atoms with van der Waals surface area (Å²) >= 11 is 0. The molecule has 0 aliphatic heterocycles. The van der Waals surface area contributed by atoms with Crippen LogP contribution in [-0.4, -0.2) is 0 Å². The number of hydrogen-bond acceptors (Lipinski definition) is 0. The number of allylic oxidation sites excluding steroid dienone is 6. The maximum absolute atomic E-state index is 2.47. The van der Waals surface area contributed by atoms with Crippen LogP contribution in [0, 0.1) is 17.8 Å². The van der Waals surface area contributed by atoms with Gasteiger partial charge in [0.15, 0.2) is 0 Å². The van der Waals surface area contributed by atoms with Gasteiger partial charge in [0, 0.05) is 0 Å². The largest absolute Gasteiger partial charge is 0.0882 e. The van der Waals surface area contributed by atoms with Crippen molar-refractivity contribution in [3.8, 4) is 0 Å². The zero-order chi connectivity index (χ0) is 12.1. The van der Waals surface area contributed by atoms with Crippen molar-refractivity contribution in [2.45, 2.75) is 52.4 Å². The quantitative estimate of drug-likeness (QED) is 0.544. The Balaban J connectivity index is 1.78. The fraction of sp³-hybridized carbons (Fsp3) is 0.647. The van der Waals surface area contributed by atoms with E-state index >= 15 is 0 Å². The zero-order valence-corrected chi connectivity index (χ0v) is 11.4. The molecule has 2 aliphatic carbocycles. The fourth-order valence-electron chi connectivity index (χ4n) is 3.30. The van der Waals surface area contributed by atoms with Crippen molar-refractivity contribution in [2.24, 2.45) is 17.8 Å². The molecule has 0 N–H and O–H groups in total. The van der Waals surface area contributed by atoms with Crippen molar-refractivity contribution < 1.29 is 0 Å². The normalized spacial score (nSPS) is 31.9. The minimum absolute atomic E-state index is 0.898. The van der Waals surface area contributed by atoms with Gasteiger partial charge in [-0.2, -0.15) is 0 Å². The smallest absolute Gasteiger partial charge is 0.0139 e. The van der Waals surface area contributed by atoms with Crippen LogP contribution in [-0.2, 0) is 0 Å². The lowest BCUT2D eigenvalue weighted by Crippen LogP contribution is -2.07. The molecule has 1 fully saturated rings. The van der Waals surface area contributed by atoms with Crippen molar-refractivity contribution in [2.75, 3.05) is 0 Å². The van der Waals surface area contributed by atoms with Crippen molar-refractivity contribution in [1.82, 2.24) is 0 Å². The molecule has 0 amide bonds. The lowest BCUT2D eigenvalue weighted by Gasteiger charge is -2.19. The maximum atomic E-state index is 2.47. The van der Waals surface area contributed by atoms with Crippen LogP contribution in [0.2, 0.25) is 0 Å². The Kier molecular flexibility index (Phi) is 4.65. The molecule has 17 heavy (non-hydrogen) atoms. The molecule has 0 saturated heterocycles. The predicted octanol–water partition coefficient (Wildman–Crippen LogP) is 5.28. The standard InChI is InChI=1S/C17H26/c1-3-5-6-7-8-14(4-2)11-17-13-15-9-10-16(17)12-15/h4,6-7,9-10,15-17H,3,5,8,11-13H2,1-2H3/b7-6+,14-4+. The number of hydrogen-bond donors (Lipinski definition) is 0. The van der Waals surface area contributed by atoms with Crippen molar-refractivity contribution in [3.05, 3.63) is 36.0 Å². The van der Waals surface area contributed by atoms with Gasteiger partial charge in [0.25, 0.3) is 0 Å². The molecule has 0 nitrogen and oxygen atoms in total. The van der Waals surface area contributed by atoms with Gasteiger partial charge in [0.1, 0.15) is 0 Å². The third kappa shape index (κ3) is 3.34. The molecule has 0 heterocycles. The highest BCUT2D eigenvalue weighted by Gasteiger charge is 2.35. The molecule has 3 atom stereocenters. The first-order valence-electron chi connectivity index (χ1n) is 7.30. The third-order valence-corrected chi connectivity index (χ3v) is 4.35. The molecule has 0 aromatic heterocycles. The van der Waals surface area contributed by atoms with E-state index in [1.54, 1.807) is 5.57 Å². The summed E-state index contributed by atoms with van der Waals surface area (Å²) in [5.74, 6) is 2.75. The first-order valence-corrected chi connectivity index (χ1v) is 7.30. The molecule has 3 unspecified atom stereocenters. The molecule has 0 spiro atoms. The molecule has 2 aliphatic rings. The van der Waals surface area contributed by atoms with Crippen LogP contribution in [0.25, 0.3) is 0 Å². The van der Waals surface area contributed by atoms with Gasteiger partial charge in [0.2, 0.25) is 0 Å². The van der Waals surface area contributed by atoms with Crippen LogP contribution in [0.4, 0.5) is 0 Å². The van der Waals surface area contributed by atoms with Crippen molar-refractivity contribution in [3.63, 3.8) is 0 Å². The third-order valence-electron chi connectivity index (χ3n) is 4.35. The number of unbranched alkanes of at least 4 members (excludes halogenated alkanes) is 1. The molecule has 2 rings (SSSR count). The summed E-state index contributed by atoms with van der Waals surface area (Å²) in [6, 6.07) is 0. The second-order valence-electron chi connectivity index (χ2n) is 5.66. The summed E-state index contributed by atoms with van der Waals surface area (Å²) in [5.41, 5.74) is 1.64. The molecular formula is C17H26. The van der Waals surface area contributed by atoms with Crippen molar-refractivity contribution >= 4 is 0 Å². The topological polar surface area (TPSA) is 0 Å². The number of fused-ring (bicyclic) bond motifs is 2. The Bertz CT molecular complexity index is 319. The SMILES string of the molecule is C/C=C(\C/C=C/CCC)CC1CC2C=CC1C2. The Hall–Kier alpha value is -0.780. The van der Waals surface area contributed by atoms with Crippen LogP contribution in [0.1, 0.15) is 52.4 Å². The summed E-state index contributed by atoms with van der Waals surface area (Å²) in [6.45, 7) is 4.44. The summed E-state index contributed by atoms with van der Waals surface area (Å²) in [6.07, 6.45) is 19.8. The van der Waals surface area contributed by atoms with Gasteiger partial charge in [-0.05, 0) is 56.8 Å². The van der Waals surface area contributed by atoms with Gasteiger partial charge >= 0.3 is 0 Å². The van der Waals surface area contributed by atoms with Gasteiger partial charge in [-0.1, -0.05) is 49.3 Å². The fourth-order valence-corrected chi connectivity index (χ4v) is 3.30. The first-order chi connectivity index (χ1) is 8.33. The molecule has 0 aromatic rings. The summed E-state index contributed by atoms with van der Waals surface area (Å²) in [4.78, 5) is 0. The highest BCUT2D eigenvalue weighted by atomic mass is 14.4. The molecule has 0 heteroatoms. The minimum atomic E-state index is 0.898. The maximum Gasteiger partial charge on any atom is -0.0139 e.